The predicted octanol–water partition coefficient (Wildman–Crippen LogP) is 1.91. The molecular weight excluding hydrogens is 330 g/mol. The number of imide groups is 1. The van der Waals surface area contributed by atoms with Crippen molar-refractivity contribution in [2.24, 2.45) is 0 Å². The van der Waals surface area contributed by atoms with Gasteiger partial charge in [0, 0.05) is 10.6 Å². The summed E-state index contributed by atoms with van der Waals surface area (Å²) in [6.07, 6.45) is -0.0413. The molecule has 0 radical (unpaired) electrons. The molecule has 1 unspecified atom stereocenters. The van der Waals surface area contributed by atoms with Crippen LogP contribution in [0, 0.1) is 0 Å². The van der Waals surface area contributed by atoms with Crippen LogP contribution in [0.1, 0.15) is 16.8 Å². The van der Waals surface area contributed by atoms with E-state index in [0.29, 0.717) is 16.3 Å². The maximum absolute atomic E-state index is 12.4. The summed E-state index contributed by atoms with van der Waals surface area (Å²) in [5.74, 6) is -1.17. The Labute approximate surface area is 143 Å². The number of nitrogens with one attached hydrogen (secondary N) is 2. The van der Waals surface area contributed by atoms with Crippen molar-refractivity contribution in [2.75, 3.05) is 4.90 Å². The highest BCUT2D eigenvalue weighted by Crippen LogP contribution is 2.25. The van der Waals surface area contributed by atoms with Crippen LogP contribution < -0.4 is 15.8 Å². The second kappa shape index (κ2) is 6.82. The van der Waals surface area contributed by atoms with Crippen LogP contribution in [0.4, 0.5) is 5.69 Å². The van der Waals surface area contributed by atoms with E-state index in [4.69, 9.17) is 11.6 Å². The van der Waals surface area contributed by atoms with E-state index in [2.05, 4.69) is 10.9 Å². The number of rotatable bonds is 4. The number of carbonyl (C=O) groups excluding carboxylic acids is 3. The molecule has 2 aromatic rings. The molecule has 0 aliphatic carbocycles. The molecular formula is C17H14ClN3O3. The zero-order valence-electron chi connectivity index (χ0n) is 12.5. The molecule has 3 amide bonds. The fourth-order valence-electron chi connectivity index (χ4n) is 2.45. The molecule has 1 fully saturated rings. The summed E-state index contributed by atoms with van der Waals surface area (Å²) >= 11 is 5.90. The summed E-state index contributed by atoms with van der Waals surface area (Å²) in [5.41, 5.74) is 5.96. The topological polar surface area (TPSA) is 78.5 Å². The van der Waals surface area contributed by atoms with E-state index in [0.717, 1.165) is 4.90 Å². The van der Waals surface area contributed by atoms with Crippen LogP contribution in [0.2, 0.25) is 5.02 Å². The number of hydrogen-bond acceptors (Lipinski definition) is 4. The van der Waals surface area contributed by atoms with Gasteiger partial charge in [-0.15, -0.1) is 0 Å². The molecule has 6 nitrogen and oxygen atoms in total. The summed E-state index contributed by atoms with van der Waals surface area (Å²) in [6, 6.07) is 14.3. The third kappa shape index (κ3) is 3.29. The fourth-order valence-corrected chi connectivity index (χ4v) is 2.63. The molecule has 1 saturated heterocycles. The Morgan fingerprint density at radius 3 is 2.54 bits per heavy atom. The molecule has 3 rings (SSSR count). The molecule has 2 N–H and O–H groups in total. The number of anilines is 1. The van der Waals surface area contributed by atoms with Crippen LogP contribution in [0.3, 0.4) is 0 Å². The Hall–Kier alpha value is -2.70. The van der Waals surface area contributed by atoms with Crippen LogP contribution in [-0.2, 0) is 9.59 Å². The largest absolute Gasteiger partial charge is 0.287 e. The number of hydrogen-bond donors (Lipinski definition) is 2. The van der Waals surface area contributed by atoms with Crippen molar-refractivity contribution in [3.63, 3.8) is 0 Å². The Kier molecular flexibility index (Phi) is 4.59. The summed E-state index contributed by atoms with van der Waals surface area (Å²) in [6.45, 7) is 0. The van der Waals surface area contributed by atoms with Crippen molar-refractivity contribution in [1.29, 1.82) is 0 Å². The van der Waals surface area contributed by atoms with E-state index in [1.165, 1.54) is 0 Å². The lowest BCUT2D eigenvalue weighted by Gasteiger charge is -2.16. The van der Waals surface area contributed by atoms with Crippen molar-refractivity contribution in [2.45, 2.75) is 12.5 Å². The third-order valence-corrected chi connectivity index (χ3v) is 3.84. The minimum atomic E-state index is -0.816. The van der Waals surface area contributed by atoms with Crippen molar-refractivity contribution in [3.05, 3.63) is 65.2 Å². The lowest BCUT2D eigenvalue weighted by molar-refractivity contribution is -0.121. The van der Waals surface area contributed by atoms with Crippen molar-refractivity contribution >= 4 is 35.0 Å². The number of nitrogens with zero attached hydrogens (tertiary/aromatic N) is 1. The lowest BCUT2D eigenvalue weighted by atomic mass is 10.2. The first-order valence-electron chi connectivity index (χ1n) is 7.29. The molecule has 2 aromatic carbocycles. The first-order chi connectivity index (χ1) is 11.6. The first kappa shape index (κ1) is 16.2. The van der Waals surface area contributed by atoms with E-state index in [9.17, 15) is 14.4 Å². The smallest absolute Gasteiger partial charge is 0.265 e. The van der Waals surface area contributed by atoms with Crippen LogP contribution in [0.5, 0.6) is 0 Å². The number of halogens is 1. The molecule has 1 heterocycles. The Balaban J connectivity index is 1.67. The molecule has 0 spiro atoms. The third-order valence-electron chi connectivity index (χ3n) is 3.61. The van der Waals surface area contributed by atoms with Gasteiger partial charge in [0.2, 0.25) is 5.91 Å². The molecule has 0 saturated carbocycles. The maximum Gasteiger partial charge on any atom is 0.265 e. The van der Waals surface area contributed by atoms with Gasteiger partial charge in [-0.1, -0.05) is 35.9 Å². The van der Waals surface area contributed by atoms with E-state index in [1.807, 2.05) is 0 Å². The van der Waals surface area contributed by atoms with Gasteiger partial charge >= 0.3 is 0 Å². The van der Waals surface area contributed by atoms with Gasteiger partial charge in [0.1, 0.15) is 6.04 Å². The number of benzene rings is 2. The summed E-state index contributed by atoms with van der Waals surface area (Å²) in [5, 5.41) is 0.432. The minimum absolute atomic E-state index is 0.0413. The molecule has 0 aromatic heterocycles. The van der Waals surface area contributed by atoms with Crippen molar-refractivity contribution in [3.8, 4) is 0 Å². The van der Waals surface area contributed by atoms with Crippen molar-refractivity contribution < 1.29 is 14.4 Å². The highest BCUT2D eigenvalue weighted by Gasteiger charge is 2.39. The predicted molar refractivity (Wildman–Crippen MR) is 89.4 cm³/mol. The summed E-state index contributed by atoms with van der Waals surface area (Å²) in [4.78, 5) is 37.6. The van der Waals surface area contributed by atoms with E-state index in [1.54, 1.807) is 54.6 Å². The number of hydrazine groups is 1. The number of amides is 3. The highest BCUT2D eigenvalue weighted by molar-refractivity contribution is 6.31. The zero-order valence-corrected chi connectivity index (χ0v) is 13.3. The first-order valence-corrected chi connectivity index (χ1v) is 7.67. The molecule has 1 aliphatic heterocycles. The molecule has 1 aliphatic rings. The summed E-state index contributed by atoms with van der Waals surface area (Å²) < 4.78 is 0. The quantitative estimate of drug-likeness (QED) is 0.656. The van der Waals surface area contributed by atoms with E-state index in [-0.39, 0.29) is 18.2 Å². The van der Waals surface area contributed by atoms with Crippen LogP contribution in [-0.4, -0.2) is 23.8 Å². The van der Waals surface area contributed by atoms with Gasteiger partial charge in [-0.05, 0) is 30.3 Å². The van der Waals surface area contributed by atoms with Gasteiger partial charge in [0.25, 0.3) is 11.8 Å². The Morgan fingerprint density at radius 2 is 1.83 bits per heavy atom. The van der Waals surface area contributed by atoms with E-state index < -0.39 is 11.9 Å². The molecule has 0 bridgehead atoms. The standard InChI is InChI=1S/C17H14ClN3O3/c18-12-7-4-8-13(9-12)21-15(22)10-14(17(21)24)19-20-16(23)11-5-2-1-3-6-11/h1-9,14,19H,10H2,(H,20,23). The molecule has 7 heteroatoms. The Morgan fingerprint density at radius 1 is 1.08 bits per heavy atom. The van der Waals surface area contributed by atoms with Crippen LogP contribution >= 0.6 is 11.6 Å². The van der Waals surface area contributed by atoms with Gasteiger partial charge in [0.05, 0.1) is 12.1 Å². The summed E-state index contributed by atoms with van der Waals surface area (Å²) in [7, 11) is 0. The van der Waals surface area contributed by atoms with Crippen LogP contribution in [0.15, 0.2) is 54.6 Å². The Bertz CT molecular complexity index is 795. The molecule has 24 heavy (non-hydrogen) atoms. The zero-order chi connectivity index (χ0) is 17.1. The van der Waals surface area contributed by atoms with Crippen molar-refractivity contribution in [1.82, 2.24) is 10.9 Å². The van der Waals surface area contributed by atoms with Gasteiger partial charge < -0.3 is 0 Å². The number of carbonyl (C=O) groups is 3. The van der Waals surface area contributed by atoms with Gasteiger partial charge in [-0.25, -0.2) is 10.3 Å². The SMILES string of the molecule is O=C(NNC1CC(=O)N(c2cccc(Cl)c2)C1=O)c1ccccc1. The molecule has 1 atom stereocenters. The average Bonchev–Trinajstić information content (AvgIpc) is 2.87. The van der Waals surface area contributed by atoms with Gasteiger partial charge in [-0.2, -0.15) is 0 Å². The maximum atomic E-state index is 12.4. The normalized spacial score (nSPS) is 17.2. The lowest BCUT2D eigenvalue weighted by Crippen LogP contribution is -2.48. The second-order valence-electron chi connectivity index (χ2n) is 5.27. The molecule has 122 valence electrons. The second-order valence-corrected chi connectivity index (χ2v) is 5.70. The van der Waals surface area contributed by atoms with E-state index >= 15 is 0 Å². The van der Waals surface area contributed by atoms with Gasteiger partial charge in [0.15, 0.2) is 0 Å². The monoisotopic (exact) mass is 343 g/mol. The highest BCUT2D eigenvalue weighted by atomic mass is 35.5. The van der Waals surface area contributed by atoms with Gasteiger partial charge in [-0.3, -0.25) is 19.8 Å². The average molecular weight is 344 g/mol. The fraction of sp³-hybridized carbons (Fsp3) is 0.118. The van der Waals surface area contributed by atoms with Crippen LogP contribution in [0.25, 0.3) is 0 Å². The minimum Gasteiger partial charge on any atom is -0.287 e.